The predicted octanol–water partition coefficient (Wildman–Crippen LogP) is 5.56. The highest BCUT2D eigenvalue weighted by molar-refractivity contribution is 8.00. The van der Waals surface area contributed by atoms with E-state index in [-0.39, 0.29) is 11.7 Å². The van der Waals surface area contributed by atoms with Gasteiger partial charge in [0.25, 0.3) is 5.76 Å². The van der Waals surface area contributed by atoms with E-state index in [1.807, 2.05) is 4.57 Å². The van der Waals surface area contributed by atoms with Crippen molar-refractivity contribution in [3.63, 3.8) is 0 Å². The van der Waals surface area contributed by atoms with Gasteiger partial charge in [0.05, 0.1) is 11.4 Å². The van der Waals surface area contributed by atoms with Gasteiger partial charge in [0, 0.05) is 17.4 Å². The first-order valence-electron chi connectivity index (χ1n) is 9.59. The largest absolute Gasteiger partial charge is 0.324 e. The van der Waals surface area contributed by atoms with Crippen LogP contribution in [-0.2, 0) is 11.3 Å². The summed E-state index contributed by atoms with van der Waals surface area (Å²) in [6.07, 6.45) is 7.69. The summed E-state index contributed by atoms with van der Waals surface area (Å²) in [4.78, 5) is 12.7. The Hall–Kier alpha value is -1.87. The van der Waals surface area contributed by atoms with Crippen LogP contribution in [0.15, 0.2) is 47.0 Å². The van der Waals surface area contributed by atoms with Gasteiger partial charge in [0.2, 0.25) is 5.91 Å². The van der Waals surface area contributed by atoms with E-state index in [4.69, 9.17) is 0 Å². The Labute approximate surface area is 177 Å². The van der Waals surface area contributed by atoms with Crippen molar-refractivity contribution in [1.29, 1.82) is 0 Å². The third-order valence-corrected chi connectivity index (χ3v) is 6.49. The highest BCUT2D eigenvalue weighted by atomic mass is 32.2. The SMILES string of the molecule is C=CCn1c(SCC(=O)Nc2ccccc2SC(F)F)nnc1C1CCCCC1. The standard InChI is InChI=1S/C20H24F2N4OS2/c1-2-12-26-18(14-8-4-3-5-9-14)24-25-20(26)28-13-17(27)23-15-10-6-7-11-16(15)29-19(21)22/h2,6-7,10-11,14,19H,1,3-5,8-9,12-13H2,(H,23,27). The van der Waals surface area contributed by atoms with Crippen LogP contribution in [0.3, 0.4) is 0 Å². The molecule has 1 aliphatic carbocycles. The summed E-state index contributed by atoms with van der Waals surface area (Å²) in [5, 5.41) is 12.1. The van der Waals surface area contributed by atoms with Gasteiger partial charge in [-0.1, -0.05) is 61.0 Å². The first-order chi connectivity index (χ1) is 14.1. The average molecular weight is 439 g/mol. The number of allylic oxidation sites excluding steroid dienone is 1. The second-order valence-electron chi connectivity index (χ2n) is 6.79. The lowest BCUT2D eigenvalue weighted by Gasteiger charge is -2.21. The fourth-order valence-corrected chi connectivity index (χ4v) is 4.81. The maximum absolute atomic E-state index is 12.7. The second kappa shape index (κ2) is 10.8. The number of rotatable bonds is 9. The van der Waals surface area contributed by atoms with Crippen molar-refractivity contribution >= 4 is 35.1 Å². The lowest BCUT2D eigenvalue weighted by atomic mass is 9.89. The summed E-state index contributed by atoms with van der Waals surface area (Å²) in [6.45, 7) is 4.41. The van der Waals surface area contributed by atoms with Gasteiger partial charge in [0.1, 0.15) is 5.82 Å². The molecule has 0 unspecified atom stereocenters. The van der Waals surface area contributed by atoms with Crippen LogP contribution in [-0.4, -0.2) is 32.2 Å². The molecule has 1 amide bonds. The number of amides is 1. The highest BCUT2D eigenvalue weighted by Crippen LogP contribution is 2.34. The van der Waals surface area contributed by atoms with Gasteiger partial charge in [0.15, 0.2) is 5.16 Å². The first-order valence-corrected chi connectivity index (χ1v) is 11.5. The lowest BCUT2D eigenvalue weighted by molar-refractivity contribution is -0.113. The van der Waals surface area contributed by atoms with E-state index in [1.54, 1.807) is 30.3 Å². The van der Waals surface area contributed by atoms with E-state index in [2.05, 4.69) is 22.1 Å². The Balaban J connectivity index is 1.64. The molecule has 156 valence electrons. The van der Waals surface area contributed by atoms with Crippen molar-refractivity contribution in [2.24, 2.45) is 0 Å². The summed E-state index contributed by atoms with van der Waals surface area (Å²) >= 11 is 1.71. The van der Waals surface area contributed by atoms with Gasteiger partial charge in [-0.25, -0.2) is 0 Å². The molecule has 0 aliphatic heterocycles. The quantitative estimate of drug-likeness (QED) is 0.410. The molecule has 1 saturated carbocycles. The van der Waals surface area contributed by atoms with E-state index in [9.17, 15) is 13.6 Å². The summed E-state index contributed by atoms with van der Waals surface area (Å²) in [5.41, 5.74) is 0.388. The van der Waals surface area contributed by atoms with E-state index in [0.29, 0.717) is 40.0 Å². The van der Waals surface area contributed by atoms with Crippen LogP contribution in [0.2, 0.25) is 0 Å². The van der Waals surface area contributed by atoms with Gasteiger partial charge in [-0.15, -0.1) is 16.8 Å². The minimum Gasteiger partial charge on any atom is -0.324 e. The van der Waals surface area contributed by atoms with Crippen LogP contribution >= 0.6 is 23.5 Å². The molecular weight excluding hydrogens is 414 g/mol. The molecule has 1 aromatic carbocycles. The zero-order valence-corrected chi connectivity index (χ0v) is 17.7. The van der Waals surface area contributed by atoms with Gasteiger partial charge in [-0.2, -0.15) is 8.78 Å². The number of para-hydroxylation sites is 1. The number of anilines is 1. The normalized spacial score (nSPS) is 14.9. The van der Waals surface area contributed by atoms with Gasteiger partial charge < -0.3 is 9.88 Å². The number of nitrogens with one attached hydrogen (secondary N) is 1. The number of hydrogen-bond acceptors (Lipinski definition) is 5. The molecule has 29 heavy (non-hydrogen) atoms. The zero-order chi connectivity index (χ0) is 20.6. The van der Waals surface area contributed by atoms with Crippen LogP contribution in [0, 0.1) is 0 Å². The molecule has 1 fully saturated rings. The third-order valence-electron chi connectivity index (χ3n) is 4.74. The first kappa shape index (κ1) is 21.8. The van der Waals surface area contributed by atoms with Crippen molar-refractivity contribution in [3.05, 3.63) is 42.7 Å². The zero-order valence-electron chi connectivity index (χ0n) is 16.0. The molecule has 0 spiro atoms. The number of aromatic nitrogens is 3. The topological polar surface area (TPSA) is 59.8 Å². The lowest BCUT2D eigenvalue weighted by Crippen LogP contribution is -2.16. The third kappa shape index (κ3) is 6.05. The molecule has 2 aromatic rings. The van der Waals surface area contributed by atoms with E-state index in [1.165, 1.54) is 31.0 Å². The summed E-state index contributed by atoms with van der Waals surface area (Å²) in [6, 6.07) is 6.56. The second-order valence-corrected chi connectivity index (χ2v) is 8.76. The van der Waals surface area contributed by atoms with Crippen molar-refractivity contribution < 1.29 is 13.6 Å². The van der Waals surface area contributed by atoms with Crippen molar-refractivity contribution in [2.45, 2.75) is 60.4 Å². The minimum absolute atomic E-state index is 0.119. The van der Waals surface area contributed by atoms with Crippen molar-refractivity contribution in [2.75, 3.05) is 11.1 Å². The van der Waals surface area contributed by atoms with Crippen LogP contribution < -0.4 is 5.32 Å². The fraction of sp³-hybridized carbons (Fsp3) is 0.450. The van der Waals surface area contributed by atoms with E-state index in [0.717, 1.165) is 18.7 Å². The van der Waals surface area contributed by atoms with E-state index >= 15 is 0 Å². The Morgan fingerprint density at radius 2 is 2.03 bits per heavy atom. The molecule has 0 atom stereocenters. The predicted molar refractivity (Wildman–Crippen MR) is 114 cm³/mol. The number of halogens is 2. The number of benzene rings is 1. The molecule has 3 rings (SSSR count). The Kier molecular flexibility index (Phi) is 8.11. The number of carbonyl (C=O) groups is 1. The summed E-state index contributed by atoms with van der Waals surface area (Å²) < 4.78 is 27.4. The number of thioether (sulfide) groups is 2. The van der Waals surface area contributed by atoms with Gasteiger partial charge in [-0.05, 0) is 25.0 Å². The Morgan fingerprint density at radius 1 is 1.28 bits per heavy atom. The molecular formula is C20H24F2N4OS2. The van der Waals surface area contributed by atoms with Gasteiger partial charge in [-0.3, -0.25) is 4.79 Å². The molecule has 0 radical (unpaired) electrons. The smallest absolute Gasteiger partial charge is 0.288 e. The maximum atomic E-state index is 12.7. The molecule has 1 N–H and O–H groups in total. The van der Waals surface area contributed by atoms with Crippen molar-refractivity contribution in [1.82, 2.24) is 14.8 Å². The monoisotopic (exact) mass is 438 g/mol. The van der Waals surface area contributed by atoms with Crippen LogP contribution in [0.25, 0.3) is 0 Å². The van der Waals surface area contributed by atoms with E-state index < -0.39 is 5.76 Å². The number of nitrogens with zero attached hydrogens (tertiary/aromatic N) is 3. The summed E-state index contributed by atoms with van der Waals surface area (Å²) in [7, 11) is 0. The highest BCUT2D eigenvalue weighted by Gasteiger charge is 2.23. The summed E-state index contributed by atoms with van der Waals surface area (Å²) in [5.74, 6) is -1.33. The Morgan fingerprint density at radius 3 is 2.76 bits per heavy atom. The average Bonchev–Trinajstić information content (AvgIpc) is 3.11. The number of alkyl halides is 2. The number of hydrogen-bond donors (Lipinski definition) is 1. The Bertz CT molecular complexity index is 838. The van der Waals surface area contributed by atoms with Gasteiger partial charge >= 0.3 is 0 Å². The van der Waals surface area contributed by atoms with Crippen LogP contribution in [0.1, 0.15) is 43.8 Å². The molecule has 1 aromatic heterocycles. The maximum Gasteiger partial charge on any atom is 0.288 e. The van der Waals surface area contributed by atoms with Crippen LogP contribution in [0.5, 0.6) is 0 Å². The molecule has 0 saturated heterocycles. The van der Waals surface area contributed by atoms with Crippen molar-refractivity contribution in [3.8, 4) is 0 Å². The molecule has 9 heteroatoms. The molecule has 5 nitrogen and oxygen atoms in total. The number of carbonyl (C=O) groups excluding carboxylic acids is 1. The molecule has 1 heterocycles. The molecule has 1 aliphatic rings. The fourth-order valence-electron chi connectivity index (χ4n) is 3.46. The molecule has 0 bridgehead atoms. The van der Waals surface area contributed by atoms with Crippen LogP contribution in [0.4, 0.5) is 14.5 Å². The minimum atomic E-state index is -2.54.